The van der Waals surface area contributed by atoms with Crippen molar-refractivity contribution >= 4 is 11.9 Å². The number of rotatable bonds is 8. The van der Waals surface area contributed by atoms with Crippen LogP contribution in [0, 0.1) is 5.92 Å². The Morgan fingerprint density at radius 3 is 2.69 bits per heavy atom. The van der Waals surface area contributed by atoms with Crippen molar-refractivity contribution in [2.45, 2.75) is 83.2 Å². The third-order valence-corrected chi connectivity index (χ3v) is 8.52. The lowest BCUT2D eigenvalue weighted by atomic mass is 9.76. The maximum Gasteiger partial charge on any atom is 0.317 e. The molecule has 2 aromatic rings. The smallest absolute Gasteiger partial charge is 0.317 e. The number of fused-ring (bicyclic) bond motifs is 4. The number of urea groups is 1. The maximum atomic E-state index is 13.6. The van der Waals surface area contributed by atoms with Crippen LogP contribution in [0.25, 0.3) is 0 Å². The molecule has 0 saturated carbocycles. The van der Waals surface area contributed by atoms with Crippen molar-refractivity contribution in [3.63, 3.8) is 0 Å². The van der Waals surface area contributed by atoms with Gasteiger partial charge in [0.1, 0.15) is 0 Å². The summed E-state index contributed by atoms with van der Waals surface area (Å²) in [6.45, 7) is 4.41. The van der Waals surface area contributed by atoms with E-state index in [1.54, 1.807) is 0 Å². The monoisotopic (exact) mass is 487 g/mol. The first-order valence-electron chi connectivity index (χ1n) is 14.2. The Morgan fingerprint density at radius 2 is 1.86 bits per heavy atom. The zero-order valence-electron chi connectivity index (χ0n) is 21.8. The van der Waals surface area contributed by atoms with Gasteiger partial charge in [0.2, 0.25) is 5.91 Å². The lowest BCUT2D eigenvalue weighted by Crippen LogP contribution is -2.61. The van der Waals surface area contributed by atoms with Crippen LogP contribution in [0.5, 0.6) is 0 Å². The summed E-state index contributed by atoms with van der Waals surface area (Å²) in [5.74, 6) is 0.196. The number of aryl methyl sites for hydroxylation is 1. The second-order valence-corrected chi connectivity index (χ2v) is 10.9. The van der Waals surface area contributed by atoms with Crippen molar-refractivity contribution in [2.24, 2.45) is 5.92 Å². The number of nitrogens with zero attached hydrogens (tertiary/aromatic N) is 2. The van der Waals surface area contributed by atoms with E-state index < -0.39 is 0 Å². The molecule has 2 fully saturated rings. The van der Waals surface area contributed by atoms with Gasteiger partial charge in [0.05, 0.1) is 12.0 Å². The van der Waals surface area contributed by atoms with Crippen LogP contribution in [0.1, 0.15) is 80.2 Å². The van der Waals surface area contributed by atoms with Gasteiger partial charge in [-0.3, -0.25) is 4.79 Å². The molecule has 5 heteroatoms. The van der Waals surface area contributed by atoms with E-state index in [0.717, 1.165) is 51.6 Å². The molecule has 0 bridgehead atoms. The van der Waals surface area contributed by atoms with Gasteiger partial charge in [-0.15, -0.1) is 0 Å². The summed E-state index contributed by atoms with van der Waals surface area (Å²) >= 11 is 0. The molecular formula is C31H41N3O2. The highest BCUT2D eigenvalue weighted by atomic mass is 16.2. The van der Waals surface area contributed by atoms with Gasteiger partial charge in [-0.2, -0.15) is 0 Å². The van der Waals surface area contributed by atoms with Crippen LogP contribution < -0.4 is 5.32 Å². The first kappa shape index (κ1) is 24.9. The Hall–Kier alpha value is -2.82. The van der Waals surface area contributed by atoms with Crippen LogP contribution in [0.4, 0.5) is 4.79 Å². The van der Waals surface area contributed by atoms with E-state index in [9.17, 15) is 9.59 Å². The molecule has 0 radical (unpaired) electrons. The molecule has 3 amide bonds. The molecule has 3 aliphatic rings. The fourth-order valence-electron chi connectivity index (χ4n) is 6.59. The predicted octanol–water partition coefficient (Wildman–Crippen LogP) is 5.67. The van der Waals surface area contributed by atoms with Crippen molar-refractivity contribution in [1.29, 1.82) is 0 Å². The van der Waals surface area contributed by atoms with E-state index in [1.807, 2.05) is 23.1 Å². The molecule has 5 nitrogen and oxygen atoms in total. The highest BCUT2D eigenvalue weighted by molar-refractivity contribution is 5.83. The van der Waals surface area contributed by atoms with Crippen LogP contribution in [-0.4, -0.2) is 47.4 Å². The lowest BCUT2D eigenvalue weighted by molar-refractivity contribution is -0.148. The Morgan fingerprint density at radius 1 is 1.00 bits per heavy atom. The van der Waals surface area contributed by atoms with Crippen LogP contribution >= 0.6 is 0 Å². The number of amides is 3. The van der Waals surface area contributed by atoms with Crippen LogP contribution in [0.3, 0.4) is 0 Å². The van der Waals surface area contributed by atoms with Crippen molar-refractivity contribution in [2.75, 3.05) is 19.6 Å². The van der Waals surface area contributed by atoms with Crippen molar-refractivity contribution < 1.29 is 9.59 Å². The lowest BCUT2D eigenvalue weighted by Gasteiger charge is -2.51. The molecule has 36 heavy (non-hydrogen) atoms. The molecule has 0 unspecified atom stereocenters. The van der Waals surface area contributed by atoms with Gasteiger partial charge in [-0.25, -0.2) is 4.79 Å². The van der Waals surface area contributed by atoms with Crippen molar-refractivity contribution in [3.8, 4) is 0 Å². The second-order valence-electron chi connectivity index (χ2n) is 10.9. The molecule has 0 aliphatic carbocycles. The van der Waals surface area contributed by atoms with Gasteiger partial charge in [0.25, 0.3) is 0 Å². The Bertz CT molecular complexity index is 1050. The highest BCUT2D eigenvalue weighted by Gasteiger charge is 2.48. The molecule has 2 saturated heterocycles. The van der Waals surface area contributed by atoms with E-state index >= 15 is 0 Å². The first-order chi connectivity index (χ1) is 17.7. The average Bonchev–Trinajstić information content (AvgIpc) is 2.91. The summed E-state index contributed by atoms with van der Waals surface area (Å²) < 4.78 is 0. The van der Waals surface area contributed by atoms with Gasteiger partial charge in [0, 0.05) is 25.7 Å². The fourth-order valence-corrected chi connectivity index (χ4v) is 6.59. The number of unbranched alkanes of at least 4 members (excludes halogenated alkanes) is 3. The van der Waals surface area contributed by atoms with E-state index in [1.165, 1.54) is 47.9 Å². The molecular weight excluding hydrogens is 446 g/mol. The Labute approximate surface area is 216 Å². The number of carbonyl (C=O) groups is 2. The van der Waals surface area contributed by atoms with Crippen LogP contribution in [-0.2, 0) is 24.1 Å². The van der Waals surface area contributed by atoms with Crippen molar-refractivity contribution in [3.05, 3.63) is 70.8 Å². The number of piperidine rings is 2. The number of carbonyl (C=O) groups excluding carboxylic acids is 2. The molecule has 3 heterocycles. The summed E-state index contributed by atoms with van der Waals surface area (Å²) in [5, 5.41) is 3.14. The molecule has 192 valence electrons. The number of hydrogen-bond donors (Lipinski definition) is 1. The first-order valence-corrected chi connectivity index (χ1v) is 14.2. The minimum Gasteiger partial charge on any atom is -0.338 e. The third kappa shape index (κ3) is 5.30. The average molecular weight is 488 g/mol. The van der Waals surface area contributed by atoms with Gasteiger partial charge >= 0.3 is 6.03 Å². The van der Waals surface area contributed by atoms with Crippen molar-refractivity contribution in [1.82, 2.24) is 15.1 Å². The summed E-state index contributed by atoms with van der Waals surface area (Å²) in [7, 11) is 0. The normalized spacial score (nSPS) is 23.0. The van der Waals surface area contributed by atoms with Gasteiger partial charge < -0.3 is 15.1 Å². The summed E-state index contributed by atoms with van der Waals surface area (Å²) in [5.41, 5.74) is 5.36. The number of hydrogen-bond acceptors (Lipinski definition) is 2. The number of nitrogens with one attached hydrogen (secondary N) is 1. The zero-order chi connectivity index (χ0) is 24.9. The number of likely N-dealkylation sites (tertiary alicyclic amines) is 1. The molecule has 0 spiro atoms. The zero-order valence-corrected chi connectivity index (χ0v) is 21.8. The summed E-state index contributed by atoms with van der Waals surface area (Å²) in [6, 6.07) is 17.3. The largest absolute Gasteiger partial charge is 0.338 e. The molecule has 1 N–H and O–H groups in total. The second kappa shape index (κ2) is 11.5. The van der Waals surface area contributed by atoms with Gasteiger partial charge in [0.15, 0.2) is 0 Å². The van der Waals surface area contributed by atoms with Gasteiger partial charge in [-0.05, 0) is 67.2 Å². The highest BCUT2D eigenvalue weighted by Crippen LogP contribution is 2.43. The van der Waals surface area contributed by atoms with Crippen LogP contribution in [0.2, 0.25) is 0 Å². The molecule has 5 rings (SSSR count). The van der Waals surface area contributed by atoms with Gasteiger partial charge in [-0.1, -0.05) is 74.7 Å². The Balaban J connectivity index is 1.26. The van der Waals surface area contributed by atoms with E-state index in [-0.39, 0.29) is 29.9 Å². The standard InChI is InChI=1S/C31H41N3O2/c1-2-3-4-6-12-24-14-15-26-25(21-24)17-20-33-28(26)22-29-27(30(33)35)13-9-19-34(29)31(36)32-18-16-23-10-7-5-8-11-23/h5,7-8,10-11,14-15,21,27-29H,2-4,6,9,12-13,16-20,22H2,1H3,(H,32,36)/t27-,28-,29-/m1/s1. The van der Waals surface area contributed by atoms with Crippen LogP contribution in [0.15, 0.2) is 48.5 Å². The molecule has 0 aromatic heterocycles. The molecule has 2 aromatic carbocycles. The quantitative estimate of drug-likeness (QED) is 0.488. The van der Waals surface area contributed by atoms with E-state index in [4.69, 9.17) is 0 Å². The Kier molecular flexibility index (Phi) is 7.93. The minimum atomic E-state index is -0.0609. The fraction of sp³-hybridized carbons (Fsp3) is 0.548. The maximum absolute atomic E-state index is 13.6. The predicted molar refractivity (Wildman–Crippen MR) is 144 cm³/mol. The van der Waals surface area contributed by atoms with E-state index in [2.05, 4.69) is 47.5 Å². The molecule has 3 atom stereocenters. The third-order valence-electron chi connectivity index (χ3n) is 8.52. The molecule has 3 aliphatic heterocycles. The summed E-state index contributed by atoms with van der Waals surface area (Å²) in [4.78, 5) is 30.9. The SMILES string of the molecule is CCCCCCc1ccc2c(c1)CCN1C(=O)[C@@H]3CCCN(C(=O)NCCc4ccccc4)[C@@H]3C[C@H]21. The topological polar surface area (TPSA) is 52.7 Å². The summed E-state index contributed by atoms with van der Waals surface area (Å²) in [6.07, 6.45) is 10.7. The number of benzene rings is 2. The van der Waals surface area contributed by atoms with E-state index in [0.29, 0.717) is 6.54 Å². The minimum absolute atomic E-state index is 0.0103.